The van der Waals surface area contributed by atoms with Crippen molar-refractivity contribution < 1.29 is 5.11 Å². The van der Waals surface area contributed by atoms with Gasteiger partial charge in [-0.2, -0.15) is 0 Å². The van der Waals surface area contributed by atoms with Crippen molar-refractivity contribution in [2.45, 2.75) is 44.8 Å². The zero-order valence-corrected chi connectivity index (χ0v) is 12.9. The largest absolute Gasteiger partial charge is 0.393 e. The standard InChI is InChI=1S/C15H20N4OS/c1-2-5-13-18-19-15(21-13)17-14(10-8-11(20)9-10)12-6-3-4-7-16-12/h3-4,6-7,10-11,14,20H,2,5,8-9H2,1H3,(H,17,19). The molecule has 112 valence electrons. The molecule has 0 bridgehead atoms. The molecule has 21 heavy (non-hydrogen) atoms. The summed E-state index contributed by atoms with van der Waals surface area (Å²) in [4.78, 5) is 4.46. The maximum absolute atomic E-state index is 9.58. The van der Waals surface area contributed by atoms with Crippen LogP contribution >= 0.6 is 11.3 Å². The molecular weight excluding hydrogens is 284 g/mol. The Bertz CT molecular complexity index is 568. The van der Waals surface area contributed by atoms with Crippen LogP contribution in [0.15, 0.2) is 24.4 Å². The highest BCUT2D eigenvalue weighted by molar-refractivity contribution is 7.15. The van der Waals surface area contributed by atoms with Gasteiger partial charge >= 0.3 is 0 Å². The van der Waals surface area contributed by atoms with Crippen molar-refractivity contribution in [3.05, 3.63) is 35.1 Å². The average molecular weight is 304 g/mol. The van der Waals surface area contributed by atoms with Crippen LogP contribution < -0.4 is 5.32 Å². The Morgan fingerprint density at radius 3 is 2.90 bits per heavy atom. The molecule has 0 amide bonds. The minimum absolute atomic E-state index is 0.0945. The molecule has 1 atom stereocenters. The number of nitrogens with zero attached hydrogens (tertiary/aromatic N) is 3. The Labute approximate surface area is 128 Å². The molecular formula is C15H20N4OS. The number of pyridine rings is 1. The van der Waals surface area contributed by atoms with E-state index in [1.165, 1.54) is 0 Å². The van der Waals surface area contributed by atoms with Crippen LogP contribution in [0.2, 0.25) is 0 Å². The van der Waals surface area contributed by atoms with Gasteiger partial charge in [0.25, 0.3) is 0 Å². The summed E-state index contributed by atoms with van der Waals surface area (Å²) in [6.45, 7) is 2.14. The van der Waals surface area contributed by atoms with Gasteiger partial charge in [-0.15, -0.1) is 10.2 Å². The monoisotopic (exact) mass is 304 g/mol. The maximum atomic E-state index is 9.58. The fourth-order valence-corrected chi connectivity index (χ4v) is 3.53. The summed E-state index contributed by atoms with van der Waals surface area (Å²) in [5.41, 5.74) is 1.00. The first-order chi connectivity index (χ1) is 10.3. The lowest BCUT2D eigenvalue weighted by Gasteiger charge is -2.37. The smallest absolute Gasteiger partial charge is 0.206 e. The summed E-state index contributed by atoms with van der Waals surface area (Å²) < 4.78 is 0. The number of hydrogen-bond donors (Lipinski definition) is 2. The van der Waals surface area contributed by atoms with Crippen molar-refractivity contribution in [1.29, 1.82) is 0 Å². The van der Waals surface area contributed by atoms with Crippen LogP contribution in [0.5, 0.6) is 0 Å². The predicted octanol–water partition coefficient (Wildman–Crippen LogP) is 2.81. The van der Waals surface area contributed by atoms with E-state index in [1.807, 2.05) is 24.4 Å². The van der Waals surface area contributed by atoms with Gasteiger partial charge in [0.2, 0.25) is 5.13 Å². The number of anilines is 1. The molecule has 6 heteroatoms. The average Bonchev–Trinajstić information content (AvgIpc) is 2.91. The van der Waals surface area contributed by atoms with E-state index in [-0.39, 0.29) is 12.1 Å². The van der Waals surface area contributed by atoms with Crippen molar-refractivity contribution in [3.63, 3.8) is 0 Å². The molecule has 1 aliphatic carbocycles. The van der Waals surface area contributed by atoms with E-state index in [1.54, 1.807) is 11.3 Å². The van der Waals surface area contributed by atoms with Gasteiger partial charge in [0.15, 0.2) is 0 Å². The van der Waals surface area contributed by atoms with Gasteiger partial charge in [-0.1, -0.05) is 24.3 Å². The summed E-state index contributed by atoms with van der Waals surface area (Å²) in [5.74, 6) is 0.397. The van der Waals surface area contributed by atoms with E-state index < -0.39 is 0 Å². The van der Waals surface area contributed by atoms with Gasteiger partial charge in [-0.25, -0.2) is 0 Å². The molecule has 0 aliphatic heterocycles. The van der Waals surface area contributed by atoms with E-state index in [0.29, 0.717) is 5.92 Å². The number of aryl methyl sites for hydroxylation is 1. The van der Waals surface area contributed by atoms with Crippen LogP contribution in [0.1, 0.15) is 42.9 Å². The summed E-state index contributed by atoms with van der Waals surface area (Å²) >= 11 is 1.61. The van der Waals surface area contributed by atoms with Gasteiger partial charge in [0, 0.05) is 12.6 Å². The van der Waals surface area contributed by atoms with Crippen LogP contribution in [-0.4, -0.2) is 26.4 Å². The zero-order valence-electron chi connectivity index (χ0n) is 12.1. The Balaban J connectivity index is 1.75. The number of hydrogen-bond acceptors (Lipinski definition) is 6. The van der Waals surface area contributed by atoms with E-state index in [0.717, 1.165) is 41.5 Å². The molecule has 2 N–H and O–H groups in total. The van der Waals surface area contributed by atoms with Crippen LogP contribution in [0.25, 0.3) is 0 Å². The van der Waals surface area contributed by atoms with Crippen molar-refractivity contribution in [1.82, 2.24) is 15.2 Å². The number of aromatic nitrogens is 3. The van der Waals surface area contributed by atoms with Crippen LogP contribution in [0.4, 0.5) is 5.13 Å². The Morgan fingerprint density at radius 1 is 1.38 bits per heavy atom. The number of nitrogens with one attached hydrogen (secondary N) is 1. The topological polar surface area (TPSA) is 70.9 Å². The summed E-state index contributed by atoms with van der Waals surface area (Å²) in [5, 5.41) is 23.4. The Morgan fingerprint density at radius 2 is 2.24 bits per heavy atom. The number of aliphatic hydroxyl groups excluding tert-OH is 1. The molecule has 3 rings (SSSR count). The van der Waals surface area contributed by atoms with E-state index in [2.05, 4.69) is 27.4 Å². The number of rotatable bonds is 6. The van der Waals surface area contributed by atoms with E-state index in [4.69, 9.17) is 0 Å². The first kappa shape index (κ1) is 14.4. The highest BCUT2D eigenvalue weighted by atomic mass is 32.1. The van der Waals surface area contributed by atoms with Crippen LogP contribution in [0.3, 0.4) is 0 Å². The van der Waals surface area contributed by atoms with Crippen molar-refractivity contribution in [2.75, 3.05) is 5.32 Å². The third-order valence-corrected chi connectivity index (χ3v) is 4.75. The fourth-order valence-electron chi connectivity index (χ4n) is 2.66. The Hall–Kier alpha value is -1.53. The van der Waals surface area contributed by atoms with Gasteiger partial charge < -0.3 is 10.4 Å². The third-order valence-electron chi connectivity index (χ3n) is 3.84. The molecule has 0 saturated heterocycles. The van der Waals surface area contributed by atoms with E-state index in [9.17, 15) is 5.11 Å². The lowest BCUT2D eigenvalue weighted by molar-refractivity contribution is 0.0334. The molecule has 0 radical (unpaired) electrons. The van der Waals surface area contributed by atoms with Gasteiger partial charge in [-0.05, 0) is 37.3 Å². The normalized spacial score (nSPS) is 22.6. The SMILES string of the molecule is CCCc1nnc(NC(c2ccccn2)C2CC(O)C2)s1. The third kappa shape index (κ3) is 3.39. The molecule has 0 spiro atoms. The Kier molecular flexibility index (Phi) is 4.45. The molecule has 1 aliphatic rings. The molecule has 1 unspecified atom stereocenters. The van der Waals surface area contributed by atoms with Crippen molar-refractivity contribution in [3.8, 4) is 0 Å². The molecule has 5 nitrogen and oxygen atoms in total. The minimum Gasteiger partial charge on any atom is -0.393 e. The van der Waals surface area contributed by atoms with Gasteiger partial charge in [-0.3, -0.25) is 4.98 Å². The maximum Gasteiger partial charge on any atom is 0.206 e. The second kappa shape index (κ2) is 6.49. The highest BCUT2D eigenvalue weighted by Crippen LogP contribution is 2.39. The minimum atomic E-state index is -0.173. The molecule has 0 aromatic carbocycles. The van der Waals surface area contributed by atoms with Crippen molar-refractivity contribution in [2.24, 2.45) is 5.92 Å². The molecule has 1 saturated carbocycles. The quantitative estimate of drug-likeness (QED) is 0.858. The van der Waals surface area contributed by atoms with Gasteiger partial charge in [0.1, 0.15) is 5.01 Å². The molecule has 2 aromatic heterocycles. The number of aliphatic hydroxyl groups is 1. The second-order valence-corrected chi connectivity index (χ2v) is 6.57. The van der Waals surface area contributed by atoms with Crippen LogP contribution in [0, 0.1) is 5.92 Å². The molecule has 2 aromatic rings. The van der Waals surface area contributed by atoms with Crippen molar-refractivity contribution >= 4 is 16.5 Å². The van der Waals surface area contributed by atoms with Gasteiger partial charge in [0.05, 0.1) is 17.8 Å². The lowest BCUT2D eigenvalue weighted by atomic mass is 9.76. The lowest BCUT2D eigenvalue weighted by Crippen LogP contribution is -2.36. The zero-order chi connectivity index (χ0) is 14.7. The predicted molar refractivity (Wildman–Crippen MR) is 83.2 cm³/mol. The first-order valence-electron chi connectivity index (χ1n) is 7.44. The summed E-state index contributed by atoms with van der Waals surface area (Å²) in [6, 6.07) is 6.03. The highest BCUT2D eigenvalue weighted by Gasteiger charge is 2.35. The summed E-state index contributed by atoms with van der Waals surface area (Å²) in [6.07, 6.45) is 5.31. The summed E-state index contributed by atoms with van der Waals surface area (Å²) in [7, 11) is 0. The van der Waals surface area contributed by atoms with E-state index >= 15 is 0 Å². The van der Waals surface area contributed by atoms with Crippen LogP contribution in [-0.2, 0) is 6.42 Å². The second-order valence-electron chi connectivity index (χ2n) is 5.51. The molecule has 2 heterocycles. The molecule has 1 fully saturated rings. The fraction of sp³-hybridized carbons (Fsp3) is 0.533. The first-order valence-corrected chi connectivity index (χ1v) is 8.25.